The van der Waals surface area contributed by atoms with E-state index >= 15 is 0 Å². The first-order valence-electron chi connectivity index (χ1n) is 9.66. The van der Waals surface area contributed by atoms with Crippen LogP contribution in [0, 0.1) is 0 Å². The van der Waals surface area contributed by atoms with Gasteiger partial charge in [-0.3, -0.25) is 4.90 Å². The number of nitrogens with zero attached hydrogens (tertiary/aromatic N) is 2. The van der Waals surface area contributed by atoms with E-state index in [0.29, 0.717) is 12.8 Å². The van der Waals surface area contributed by atoms with E-state index in [1.165, 1.54) is 5.56 Å². The summed E-state index contributed by atoms with van der Waals surface area (Å²) in [6, 6.07) is 14.6. The van der Waals surface area contributed by atoms with E-state index in [4.69, 9.17) is 21.1 Å². The summed E-state index contributed by atoms with van der Waals surface area (Å²) in [5, 5.41) is 6.61. The minimum atomic E-state index is 0.323. The van der Waals surface area contributed by atoms with Crippen molar-refractivity contribution in [1.29, 1.82) is 0 Å². The molecule has 2 aliphatic rings. The molecule has 2 aromatic carbocycles. The average molecular weight is 396 g/mol. The van der Waals surface area contributed by atoms with E-state index in [-0.39, 0.29) is 0 Å². The molecule has 0 aliphatic carbocycles. The molecule has 0 amide bonds. The third-order valence-electron chi connectivity index (χ3n) is 5.50. The summed E-state index contributed by atoms with van der Waals surface area (Å²) in [4.78, 5) is 7.04. The Morgan fingerprint density at radius 2 is 1.89 bits per heavy atom. The van der Waals surface area contributed by atoms with Crippen molar-refractivity contribution < 1.29 is 9.47 Å². The van der Waals surface area contributed by atoms with Crippen molar-refractivity contribution in [2.45, 2.75) is 25.4 Å². The van der Waals surface area contributed by atoms with E-state index in [1.807, 2.05) is 36.5 Å². The minimum Gasteiger partial charge on any atom is -0.454 e. The Morgan fingerprint density at radius 3 is 2.79 bits per heavy atom. The predicted octanol–water partition coefficient (Wildman–Crippen LogP) is 4.69. The molecule has 1 fully saturated rings. The zero-order valence-corrected chi connectivity index (χ0v) is 16.3. The fourth-order valence-electron chi connectivity index (χ4n) is 3.98. The van der Waals surface area contributed by atoms with E-state index in [2.05, 4.69) is 27.3 Å². The molecule has 1 N–H and O–H groups in total. The highest BCUT2D eigenvalue weighted by Crippen LogP contribution is 2.33. The quantitative estimate of drug-likeness (QED) is 0.694. The maximum absolute atomic E-state index is 6.19. The van der Waals surface area contributed by atoms with Crippen LogP contribution in [0.25, 0.3) is 10.8 Å². The second-order valence-electron chi connectivity index (χ2n) is 7.41. The highest BCUT2D eigenvalue weighted by Gasteiger charge is 2.21. The second-order valence-corrected chi connectivity index (χ2v) is 7.84. The number of hydrogen-bond acceptors (Lipinski definition) is 5. The summed E-state index contributed by atoms with van der Waals surface area (Å²) >= 11 is 6.19. The molecule has 3 aromatic rings. The first kappa shape index (κ1) is 17.6. The molecule has 28 heavy (non-hydrogen) atoms. The zero-order valence-electron chi connectivity index (χ0n) is 15.5. The molecule has 1 aromatic heterocycles. The maximum atomic E-state index is 6.19. The van der Waals surface area contributed by atoms with Crippen LogP contribution in [0.4, 0.5) is 5.82 Å². The fraction of sp³-hybridized carbons (Fsp3) is 0.318. The standard InChI is InChI=1S/C22H22ClN3O2/c23-17-3-2-16-5-8-24-22(19(16)12-17)25-18-6-9-26(10-7-18)13-15-1-4-20-21(11-15)28-14-27-20/h1-5,8,11-12,18H,6-7,9-10,13-14H2,(H,24,25). The number of fused-ring (bicyclic) bond motifs is 2. The van der Waals surface area contributed by atoms with Crippen LogP contribution in [0.5, 0.6) is 11.5 Å². The zero-order chi connectivity index (χ0) is 18.9. The van der Waals surface area contributed by atoms with Gasteiger partial charge in [0.25, 0.3) is 0 Å². The SMILES string of the molecule is Clc1ccc2ccnc(NC3CCN(Cc4ccc5c(c4)OCO5)CC3)c2c1. The number of piperidine rings is 1. The van der Waals surface area contributed by atoms with Gasteiger partial charge in [0.1, 0.15) is 5.82 Å². The lowest BCUT2D eigenvalue weighted by Crippen LogP contribution is -2.38. The maximum Gasteiger partial charge on any atom is 0.231 e. The van der Waals surface area contributed by atoms with Crippen molar-refractivity contribution in [2.24, 2.45) is 0 Å². The fourth-order valence-corrected chi connectivity index (χ4v) is 4.15. The highest BCUT2D eigenvalue weighted by atomic mass is 35.5. The van der Waals surface area contributed by atoms with Crippen molar-refractivity contribution in [1.82, 2.24) is 9.88 Å². The van der Waals surface area contributed by atoms with Crippen LogP contribution in [0.15, 0.2) is 48.7 Å². The van der Waals surface area contributed by atoms with Crippen molar-refractivity contribution in [3.63, 3.8) is 0 Å². The monoisotopic (exact) mass is 395 g/mol. The first-order valence-corrected chi connectivity index (χ1v) is 10.0. The molecule has 2 aliphatic heterocycles. The number of aromatic nitrogens is 1. The number of benzene rings is 2. The summed E-state index contributed by atoms with van der Waals surface area (Å²) in [5.74, 6) is 2.62. The second kappa shape index (κ2) is 7.49. The molecule has 5 nitrogen and oxygen atoms in total. The van der Waals surface area contributed by atoms with Gasteiger partial charge >= 0.3 is 0 Å². The Hall–Kier alpha value is -2.50. The molecule has 3 heterocycles. The number of anilines is 1. The van der Waals surface area contributed by atoms with Crippen molar-refractivity contribution in [3.8, 4) is 11.5 Å². The molecule has 5 rings (SSSR count). The lowest BCUT2D eigenvalue weighted by Gasteiger charge is -2.32. The largest absolute Gasteiger partial charge is 0.454 e. The lowest BCUT2D eigenvalue weighted by atomic mass is 10.0. The number of likely N-dealkylation sites (tertiary alicyclic amines) is 1. The van der Waals surface area contributed by atoms with Gasteiger partial charge in [0, 0.05) is 42.3 Å². The Balaban J connectivity index is 1.21. The topological polar surface area (TPSA) is 46.6 Å². The van der Waals surface area contributed by atoms with E-state index < -0.39 is 0 Å². The van der Waals surface area contributed by atoms with Gasteiger partial charge in [0.2, 0.25) is 6.79 Å². The van der Waals surface area contributed by atoms with Gasteiger partial charge in [-0.05, 0) is 54.1 Å². The smallest absolute Gasteiger partial charge is 0.231 e. The molecule has 0 unspecified atom stereocenters. The Morgan fingerprint density at radius 1 is 1.04 bits per heavy atom. The normalized spacial score (nSPS) is 17.2. The van der Waals surface area contributed by atoms with Crippen LogP contribution in [-0.2, 0) is 6.54 Å². The summed E-state index contributed by atoms with van der Waals surface area (Å²) in [7, 11) is 0. The van der Waals surface area contributed by atoms with Crippen LogP contribution in [0.1, 0.15) is 18.4 Å². The van der Waals surface area contributed by atoms with Gasteiger partial charge in [-0.15, -0.1) is 0 Å². The van der Waals surface area contributed by atoms with Gasteiger partial charge in [-0.2, -0.15) is 0 Å². The van der Waals surface area contributed by atoms with Gasteiger partial charge < -0.3 is 14.8 Å². The van der Waals surface area contributed by atoms with Crippen molar-refractivity contribution in [3.05, 3.63) is 59.2 Å². The van der Waals surface area contributed by atoms with Crippen LogP contribution in [0.2, 0.25) is 5.02 Å². The molecule has 0 radical (unpaired) electrons. The molecular weight excluding hydrogens is 374 g/mol. The Bertz CT molecular complexity index is 1000. The van der Waals surface area contributed by atoms with Crippen LogP contribution < -0.4 is 14.8 Å². The lowest BCUT2D eigenvalue weighted by molar-refractivity contribution is 0.173. The van der Waals surface area contributed by atoms with E-state index in [9.17, 15) is 0 Å². The number of hydrogen-bond donors (Lipinski definition) is 1. The van der Waals surface area contributed by atoms with Crippen molar-refractivity contribution in [2.75, 3.05) is 25.2 Å². The number of nitrogens with one attached hydrogen (secondary N) is 1. The molecule has 0 spiro atoms. The van der Waals surface area contributed by atoms with Gasteiger partial charge in [0.05, 0.1) is 0 Å². The highest BCUT2D eigenvalue weighted by molar-refractivity contribution is 6.31. The Labute approximate surface area is 169 Å². The molecule has 6 heteroatoms. The Kier molecular flexibility index (Phi) is 4.71. The molecule has 0 atom stereocenters. The molecule has 144 valence electrons. The number of pyridine rings is 1. The number of ether oxygens (including phenoxy) is 2. The predicted molar refractivity (Wildman–Crippen MR) is 111 cm³/mol. The number of rotatable bonds is 4. The number of halogens is 1. The average Bonchev–Trinajstić information content (AvgIpc) is 3.18. The third-order valence-corrected chi connectivity index (χ3v) is 5.73. The van der Waals surface area contributed by atoms with Crippen molar-refractivity contribution >= 4 is 28.2 Å². The summed E-state index contributed by atoms with van der Waals surface area (Å²) in [6.45, 7) is 3.37. The first-order chi connectivity index (χ1) is 13.7. The van der Waals surface area contributed by atoms with Gasteiger partial charge in [-0.25, -0.2) is 4.98 Å². The third kappa shape index (κ3) is 3.60. The van der Waals surface area contributed by atoms with E-state index in [0.717, 1.165) is 65.6 Å². The van der Waals surface area contributed by atoms with Crippen LogP contribution >= 0.6 is 11.6 Å². The minimum absolute atomic E-state index is 0.323. The molecular formula is C22H22ClN3O2. The van der Waals surface area contributed by atoms with Crippen LogP contribution in [-0.4, -0.2) is 35.8 Å². The van der Waals surface area contributed by atoms with Gasteiger partial charge in [0.15, 0.2) is 11.5 Å². The molecule has 0 saturated carbocycles. The van der Waals surface area contributed by atoms with E-state index in [1.54, 1.807) is 0 Å². The van der Waals surface area contributed by atoms with Gasteiger partial charge in [-0.1, -0.05) is 23.7 Å². The molecule has 0 bridgehead atoms. The molecule has 1 saturated heterocycles. The summed E-state index contributed by atoms with van der Waals surface area (Å²) in [5.41, 5.74) is 1.26. The summed E-state index contributed by atoms with van der Waals surface area (Å²) in [6.07, 6.45) is 4.03. The summed E-state index contributed by atoms with van der Waals surface area (Å²) < 4.78 is 10.9. The van der Waals surface area contributed by atoms with Crippen LogP contribution in [0.3, 0.4) is 0 Å².